The van der Waals surface area contributed by atoms with Crippen LogP contribution in [0.4, 0.5) is 11.4 Å². The van der Waals surface area contributed by atoms with Gasteiger partial charge in [-0.25, -0.2) is 0 Å². The van der Waals surface area contributed by atoms with Crippen LogP contribution in [0.2, 0.25) is 0 Å². The highest BCUT2D eigenvalue weighted by Crippen LogP contribution is 2.15. The molecule has 0 heterocycles. The molecule has 0 saturated carbocycles. The largest absolute Gasteiger partial charge is 0.399 e. The summed E-state index contributed by atoms with van der Waals surface area (Å²) in [6.45, 7) is 1.71. The van der Waals surface area contributed by atoms with Crippen LogP contribution < -0.4 is 16.8 Å². The molecule has 0 saturated heterocycles. The van der Waals surface area contributed by atoms with Crippen molar-refractivity contribution in [2.45, 2.75) is 13.0 Å². The van der Waals surface area contributed by atoms with E-state index in [4.69, 9.17) is 17.9 Å². The minimum Gasteiger partial charge on any atom is -0.399 e. The maximum atomic E-state index is 11.6. The van der Waals surface area contributed by atoms with Gasteiger partial charge in [0.15, 0.2) is 0 Å². The summed E-state index contributed by atoms with van der Waals surface area (Å²) < 4.78 is 0. The third-order valence-corrected chi connectivity index (χ3v) is 1.92. The summed E-state index contributed by atoms with van der Waals surface area (Å²) in [5, 5.41) is 2.61. The van der Waals surface area contributed by atoms with Crippen molar-refractivity contribution in [1.82, 2.24) is 5.32 Å². The van der Waals surface area contributed by atoms with Gasteiger partial charge in [-0.2, -0.15) is 0 Å². The average Bonchev–Trinajstić information content (AvgIpc) is 2.17. The van der Waals surface area contributed by atoms with Gasteiger partial charge < -0.3 is 16.8 Å². The lowest BCUT2D eigenvalue weighted by atomic mass is 10.1. The summed E-state index contributed by atoms with van der Waals surface area (Å²) in [7, 11) is 0. The minimum absolute atomic E-state index is 0.294. The summed E-state index contributed by atoms with van der Waals surface area (Å²) in [6.07, 6.45) is 5.14. The zero-order valence-electron chi connectivity index (χ0n) is 8.45. The Balaban J connectivity index is 2.88. The molecule has 78 valence electrons. The molecule has 0 aliphatic rings. The second kappa shape index (κ2) is 4.38. The minimum atomic E-state index is -0.325. The van der Waals surface area contributed by atoms with E-state index in [-0.39, 0.29) is 11.9 Å². The number of benzene rings is 1. The first-order valence-corrected chi connectivity index (χ1v) is 4.46. The van der Waals surface area contributed by atoms with Crippen molar-refractivity contribution < 1.29 is 4.79 Å². The number of amides is 1. The molecule has 1 unspecified atom stereocenters. The predicted octanol–water partition coefficient (Wildman–Crippen LogP) is 0.602. The van der Waals surface area contributed by atoms with E-state index in [0.717, 1.165) is 0 Å². The second-order valence-corrected chi connectivity index (χ2v) is 3.21. The van der Waals surface area contributed by atoms with Gasteiger partial charge in [0.05, 0.1) is 11.6 Å². The van der Waals surface area contributed by atoms with Gasteiger partial charge in [0.1, 0.15) is 0 Å². The smallest absolute Gasteiger partial charge is 0.254 e. The zero-order valence-corrected chi connectivity index (χ0v) is 8.45. The number of nitrogens with one attached hydrogen (secondary N) is 1. The van der Waals surface area contributed by atoms with Crippen molar-refractivity contribution in [2.24, 2.45) is 0 Å². The van der Waals surface area contributed by atoms with Crippen molar-refractivity contribution in [3.63, 3.8) is 0 Å². The molecule has 0 radical (unpaired) electrons. The molecule has 0 fully saturated rings. The monoisotopic (exact) mass is 203 g/mol. The molecule has 0 bridgehead atoms. The van der Waals surface area contributed by atoms with E-state index >= 15 is 0 Å². The lowest BCUT2D eigenvalue weighted by molar-refractivity contribution is 0.0949. The molecule has 1 rings (SSSR count). The quantitative estimate of drug-likeness (QED) is 0.486. The Morgan fingerprint density at radius 2 is 2.20 bits per heavy atom. The van der Waals surface area contributed by atoms with Gasteiger partial charge in [-0.1, -0.05) is 5.92 Å². The lowest BCUT2D eigenvalue weighted by Gasteiger charge is -2.09. The molecule has 0 aliphatic heterocycles. The molecule has 0 aromatic heterocycles. The topological polar surface area (TPSA) is 81.1 Å². The van der Waals surface area contributed by atoms with Crippen LogP contribution >= 0.6 is 0 Å². The highest BCUT2D eigenvalue weighted by atomic mass is 16.1. The van der Waals surface area contributed by atoms with E-state index in [9.17, 15) is 4.79 Å². The molecule has 1 aromatic carbocycles. The van der Waals surface area contributed by atoms with Crippen molar-refractivity contribution in [3.05, 3.63) is 23.8 Å². The highest BCUT2D eigenvalue weighted by molar-refractivity contribution is 5.99. The zero-order chi connectivity index (χ0) is 11.4. The summed E-state index contributed by atoms with van der Waals surface area (Å²) in [4.78, 5) is 11.6. The van der Waals surface area contributed by atoms with Crippen LogP contribution in [0.15, 0.2) is 18.2 Å². The van der Waals surface area contributed by atoms with Gasteiger partial charge in [-0.3, -0.25) is 4.79 Å². The number of rotatable bonds is 2. The molecule has 4 nitrogen and oxygen atoms in total. The summed E-state index contributed by atoms with van der Waals surface area (Å²) >= 11 is 0. The maximum absolute atomic E-state index is 11.6. The summed E-state index contributed by atoms with van der Waals surface area (Å²) in [5.41, 5.74) is 12.4. The Morgan fingerprint density at radius 3 is 2.73 bits per heavy atom. The van der Waals surface area contributed by atoms with Crippen molar-refractivity contribution in [1.29, 1.82) is 0 Å². The normalized spacial score (nSPS) is 11.5. The molecule has 0 aliphatic carbocycles. The number of hydrogen-bond donors (Lipinski definition) is 3. The van der Waals surface area contributed by atoms with E-state index in [1.165, 1.54) is 6.07 Å². The average molecular weight is 203 g/mol. The molecule has 0 spiro atoms. The highest BCUT2D eigenvalue weighted by Gasteiger charge is 2.10. The number of carbonyl (C=O) groups is 1. The Bertz CT molecular complexity index is 420. The number of terminal acetylenes is 1. The van der Waals surface area contributed by atoms with E-state index in [2.05, 4.69) is 11.2 Å². The van der Waals surface area contributed by atoms with Crippen LogP contribution in [0.3, 0.4) is 0 Å². The standard InChI is InChI=1S/C11H13N3O/c1-3-7(2)14-11(15)9-5-4-8(12)6-10(9)13/h1,4-7H,12-13H2,2H3,(H,14,15). The second-order valence-electron chi connectivity index (χ2n) is 3.21. The summed E-state index contributed by atoms with van der Waals surface area (Å²) in [5.74, 6) is 2.11. The van der Waals surface area contributed by atoms with Crippen LogP contribution in [-0.2, 0) is 0 Å². The van der Waals surface area contributed by atoms with Gasteiger partial charge in [0.25, 0.3) is 5.91 Å². The summed E-state index contributed by atoms with van der Waals surface area (Å²) in [6, 6.07) is 4.40. The Kier molecular flexibility index (Phi) is 3.19. The fourth-order valence-corrected chi connectivity index (χ4v) is 1.10. The van der Waals surface area contributed by atoms with Crippen LogP contribution in [-0.4, -0.2) is 11.9 Å². The molecule has 1 amide bonds. The molecular formula is C11H13N3O. The van der Waals surface area contributed by atoms with Gasteiger partial charge in [-0.15, -0.1) is 6.42 Å². The fraction of sp³-hybridized carbons (Fsp3) is 0.182. The number of carbonyl (C=O) groups excluding carboxylic acids is 1. The molecule has 1 atom stereocenters. The predicted molar refractivity (Wildman–Crippen MR) is 61.0 cm³/mol. The van der Waals surface area contributed by atoms with Crippen LogP contribution in [0.5, 0.6) is 0 Å². The Labute approximate surface area is 88.6 Å². The number of nitrogens with two attached hydrogens (primary N) is 2. The Hall–Kier alpha value is -2.15. The van der Waals surface area contributed by atoms with E-state index in [0.29, 0.717) is 16.9 Å². The maximum Gasteiger partial charge on any atom is 0.254 e. The van der Waals surface area contributed by atoms with Gasteiger partial charge in [0, 0.05) is 11.4 Å². The van der Waals surface area contributed by atoms with Gasteiger partial charge in [0.2, 0.25) is 0 Å². The first-order valence-electron chi connectivity index (χ1n) is 4.46. The molecular weight excluding hydrogens is 190 g/mol. The van der Waals surface area contributed by atoms with Crippen LogP contribution in [0.1, 0.15) is 17.3 Å². The number of anilines is 2. The van der Waals surface area contributed by atoms with Crippen molar-refractivity contribution >= 4 is 17.3 Å². The van der Waals surface area contributed by atoms with E-state index in [1.807, 2.05) is 0 Å². The van der Waals surface area contributed by atoms with Gasteiger partial charge in [-0.05, 0) is 25.1 Å². The Morgan fingerprint density at radius 1 is 1.53 bits per heavy atom. The fourth-order valence-electron chi connectivity index (χ4n) is 1.10. The number of hydrogen-bond acceptors (Lipinski definition) is 3. The first kappa shape index (κ1) is 10.9. The van der Waals surface area contributed by atoms with E-state index in [1.54, 1.807) is 19.1 Å². The third kappa shape index (κ3) is 2.64. The first-order chi connectivity index (χ1) is 7.04. The van der Waals surface area contributed by atoms with E-state index < -0.39 is 0 Å². The molecule has 15 heavy (non-hydrogen) atoms. The third-order valence-electron chi connectivity index (χ3n) is 1.92. The lowest BCUT2D eigenvalue weighted by Crippen LogP contribution is -2.31. The van der Waals surface area contributed by atoms with Crippen LogP contribution in [0.25, 0.3) is 0 Å². The van der Waals surface area contributed by atoms with Gasteiger partial charge >= 0.3 is 0 Å². The molecule has 5 N–H and O–H groups in total. The van der Waals surface area contributed by atoms with Crippen molar-refractivity contribution in [3.8, 4) is 12.3 Å². The number of nitrogen functional groups attached to an aromatic ring is 2. The SMILES string of the molecule is C#CC(C)NC(=O)c1ccc(N)cc1N. The molecule has 1 aromatic rings. The van der Waals surface area contributed by atoms with Crippen LogP contribution in [0, 0.1) is 12.3 Å². The molecule has 4 heteroatoms. The van der Waals surface area contributed by atoms with Crippen molar-refractivity contribution in [2.75, 3.05) is 11.5 Å².